The minimum Gasteiger partial charge on any atom is -0.293 e. The van der Waals surface area contributed by atoms with Gasteiger partial charge in [-0.05, 0) is 28.1 Å². The van der Waals surface area contributed by atoms with Gasteiger partial charge in [-0.3, -0.25) is 4.79 Å². The van der Waals surface area contributed by atoms with Crippen LogP contribution in [0.2, 0.25) is 5.15 Å². The maximum Gasteiger partial charge on any atom is 0.171 e. The molecule has 14 heavy (non-hydrogen) atoms. The van der Waals surface area contributed by atoms with Crippen LogP contribution in [0, 0.1) is 5.41 Å². The SMILES string of the molecule is CC(C)(C)C(=O)c1ccc(Br)nc1Cl. The monoisotopic (exact) mass is 275 g/mol. The number of nitrogens with zero attached hydrogens (tertiary/aromatic N) is 1. The van der Waals surface area contributed by atoms with E-state index in [1.165, 1.54) is 0 Å². The summed E-state index contributed by atoms with van der Waals surface area (Å²) in [6.45, 7) is 5.56. The number of aromatic nitrogens is 1. The summed E-state index contributed by atoms with van der Waals surface area (Å²) in [5.41, 5.74) is 0.0430. The van der Waals surface area contributed by atoms with Crippen LogP contribution in [0.25, 0.3) is 0 Å². The number of rotatable bonds is 1. The maximum absolute atomic E-state index is 11.9. The molecular formula is C10H11BrClNO. The molecule has 0 amide bonds. The van der Waals surface area contributed by atoms with Crippen molar-refractivity contribution in [1.82, 2.24) is 4.98 Å². The van der Waals surface area contributed by atoms with E-state index < -0.39 is 5.41 Å². The quantitative estimate of drug-likeness (QED) is 0.578. The Morgan fingerprint density at radius 1 is 1.43 bits per heavy atom. The van der Waals surface area contributed by atoms with Crippen LogP contribution in [-0.4, -0.2) is 10.8 Å². The average Bonchev–Trinajstić information content (AvgIpc) is 2.01. The molecule has 1 rings (SSSR count). The smallest absolute Gasteiger partial charge is 0.171 e. The van der Waals surface area contributed by atoms with Gasteiger partial charge >= 0.3 is 0 Å². The lowest BCUT2D eigenvalue weighted by Gasteiger charge is -2.16. The third-order valence-electron chi connectivity index (χ3n) is 1.74. The number of hydrogen-bond acceptors (Lipinski definition) is 2. The molecule has 1 heterocycles. The van der Waals surface area contributed by atoms with E-state index in [0.717, 1.165) is 0 Å². The van der Waals surface area contributed by atoms with Crippen LogP contribution in [0.15, 0.2) is 16.7 Å². The van der Waals surface area contributed by atoms with Crippen LogP contribution in [0.1, 0.15) is 31.1 Å². The molecule has 0 aliphatic heterocycles. The molecule has 0 radical (unpaired) electrons. The number of hydrogen-bond donors (Lipinski definition) is 0. The van der Waals surface area contributed by atoms with Gasteiger partial charge in [-0.15, -0.1) is 0 Å². The van der Waals surface area contributed by atoms with Crippen molar-refractivity contribution in [2.45, 2.75) is 20.8 Å². The summed E-state index contributed by atoms with van der Waals surface area (Å²) in [4.78, 5) is 15.8. The highest BCUT2D eigenvalue weighted by molar-refractivity contribution is 9.10. The van der Waals surface area contributed by atoms with Gasteiger partial charge in [0.2, 0.25) is 0 Å². The molecule has 1 aromatic heterocycles. The fraction of sp³-hybridized carbons (Fsp3) is 0.400. The molecule has 2 nitrogen and oxygen atoms in total. The molecule has 0 bridgehead atoms. The Hall–Kier alpha value is -0.410. The Balaban J connectivity index is 3.15. The number of ketones is 1. The molecule has 0 saturated carbocycles. The number of Topliss-reactive ketones (excluding diaryl/α,β-unsaturated/α-hetero) is 1. The zero-order valence-electron chi connectivity index (χ0n) is 8.27. The highest BCUT2D eigenvalue weighted by Gasteiger charge is 2.25. The van der Waals surface area contributed by atoms with E-state index in [-0.39, 0.29) is 10.9 Å². The van der Waals surface area contributed by atoms with Crippen molar-refractivity contribution >= 4 is 33.3 Å². The van der Waals surface area contributed by atoms with Crippen LogP contribution in [0.4, 0.5) is 0 Å². The number of halogens is 2. The Bertz CT molecular complexity index is 371. The molecule has 0 unspecified atom stereocenters. The first-order valence-electron chi connectivity index (χ1n) is 4.19. The van der Waals surface area contributed by atoms with Crippen molar-refractivity contribution in [2.75, 3.05) is 0 Å². The summed E-state index contributed by atoms with van der Waals surface area (Å²) in [7, 11) is 0. The second kappa shape index (κ2) is 3.99. The third kappa shape index (κ3) is 2.55. The van der Waals surface area contributed by atoms with Crippen molar-refractivity contribution < 1.29 is 4.79 Å². The van der Waals surface area contributed by atoms with Crippen molar-refractivity contribution in [3.63, 3.8) is 0 Å². The van der Waals surface area contributed by atoms with Gasteiger partial charge in [-0.2, -0.15) is 0 Å². The summed E-state index contributed by atoms with van der Waals surface area (Å²) in [5, 5.41) is 0.249. The average molecular weight is 277 g/mol. The molecule has 0 aliphatic carbocycles. The maximum atomic E-state index is 11.9. The Labute approximate surface area is 96.8 Å². The molecule has 0 aromatic carbocycles. The normalized spacial score (nSPS) is 11.5. The molecular weight excluding hydrogens is 265 g/mol. The number of carbonyl (C=O) groups is 1. The van der Waals surface area contributed by atoms with Crippen LogP contribution < -0.4 is 0 Å². The van der Waals surface area contributed by atoms with E-state index in [1.807, 2.05) is 20.8 Å². The lowest BCUT2D eigenvalue weighted by molar-refractivity contribution is 0.0858. The van der Waals surface area contributed by atoms with E-state index in [0.29, 0.717) is 10.2 Å². The minimum atomic E-state index is -0.431. The minimum absolute atomic E-state index is 0.00231. The van der Waals surface area contributed by atoms with Crippen LogP contribution in [-0.2, 0) is 0 Å². The highest BCUT2D eigenvalue weighted by atomic mass is 79.9. The fourth-order valence-corrected chi connectivity index (χ4v) is 1.64. The third-order valence-corrected chi connectivity index (χ3v) is 2.47. The zero-order valence-corrected chi connectivity index (χ0v) is 10.6. The topological polar surface area (TPSA) is 30.0 Å². The molecule has 76 valence electrons. The van der Waals surface area contributed by atoms with Gasteiger partial charge in [0.1, 0.15) is 9.76 Å². The molecule has 4 heteroatoms. The van der Waals surface area contributed by atoms with E-state index in [1.54, 1.807) is 12.1 Å². The summed E-state index contributed by atoms with van der Waals surface area (Å²) in [6, 6.07) is 3.40. The fourth-order valence-electron chi connectivity index (χ4n) is 0.986. The second-order valence-electron chi connectivity index (χ2n) is 4.05. The van der Waals surface area contributed by atoms with Gasteiger partial charge in [0.05, 0.1) is 5.56 Å². The Morgan fingerprint density at radius 2 is 2.00 bits per heavy atom. The standard InChI is InChI=1S/C10H11BrClNO/c1-10(2,3)8(14)6-4-5-7(11)13-9(6)12/h4-5H,1-3H3. The van der Waals surface area contributed by atoms with Crippen LogP contribution >= 0.6 is 27.5 Å². The zero-order chi connectivity index (χ0) is 10.9. The van der Waals surface area contributed by atoms with Crippen molar-refractivity contribution in [3.05, 3.63) is 27.5 Å². The van der Waals surface area contributed by atoms with Crippen LogP contribution in [0.3, 0.4) is 0 Å². The predicted molar refractivity (Wildman–Crippen MR) is 60.7 cm³/mol. The lowest BCUT2D eigenvalue weighted by atomic mass is 9.87. The van der Waals surface area contributed by atoms with E-state index in [4.69, 9.17) is 11.6 Å². The first-order chi connectivity index (χ1) is 6.32. The lowest BCUT2D eigenvalue weighted by Crippen LogP contribution is -2.20. The summed E-state index contributed by atoms with van der Waals surface area (Å²) < 4.78 is 0.632. The van der Waals surface area contributed by atoms with Crippen LogP contribution in [0.5, 0.6) is 0 Å². The van der Waals surface area contributed by atoms with E-state index in [9.17, 15) is 4.79 Å². The van der Waals surface area contributed by atoms with Gasteiger partial charge in [-0.25, -0.2) is 4.98 Å². The predicted octanol–water partition coefficient (Wildman–Crippen LogP) is 3.73. The second-order valence-corrected chi connectivity index (χ2v) is 5.22. The molecule has 0 fully saturated rings. The van der Waals surface area contributed by atoms with Crippen molar-refractivity contribution in [2.24, 2.45) is 5.41 Å². The summed E-state index contributed by atoms with van der Waals surface area (Å²) in [6.07, 6.45) is 0. The van der Waals surface area contributed by atoms with Gasteiger partial charge in [0, 0.05) is 5.41 Å². The molecule has 0 aliphatic rings. The Morgan fingerprint density at radius 3 is 2.43 bits per heavy atom. The molecule has 1 aromatic rings. The first-order valence-corrected chi connectivity index (χ1v) is 5.36. The highest BCUT2D eigenvalue weighted by Crippen LogP contribution is 2.25. The van der Waals surface area contributed by atoms with E-state index in [2.05, 4.69) is 20.9 Å². The van der Waals surface area contributed by atoms with Gasteiger partial charge in [0.15, 0.2) is 5.78 Å². The summed E-state index contributed by atoms with van der Waals surface area (Å²) in [5.74, 6) is 0.00231. The summed E-state index contributed by atoms with van der Waals surface area (Å²) >= 11 is 9.06. The largest absolute Gasteiger partial charge is 0.293 e. The first kappa shape index (κ1) is 11.7. The van der Waals surface area contributed by atoms with Crippen molar-refractivity contribution in [3.8, 4) is 0 Å². The molecule has 0 atom stereocenters. The van der Waals surface area contributed by atoms with E-state index >= 15 is 0 Å². The van der Waals surface area contributed by atoms with Gasteiger partial charge in [0.25, 0.3) is 0 Å². The number of carbonyl (C=O) groups excluding carboxylic acids is 1. The molecule has 0 spiro atoms. The number of pyridine rings is 1. The van der Waals surface area contributed by atoms with Crippen molar-refractivity contribution in [1.29, 1.82) is 0 Å². The Kier molecular flexibility index (Phi) is 3.32. The van der Waals surface area contributed by atoms with Gasteiger partial charge < -0.3 is 0 Å². The van der Waals surface area contributed by atoms with Gasteiger partial charge in [-0.1, -0.05) is 32.4 Å². The molecule has 0 N–H and O–H groups in total. The molecule has 0 saturated heterocycles.